The first-order valence-corrected chi connectivity index (χ1v) is 6.87. The standard InChI is InChI=1S/C15H24N2O2/c1-6-19-14-8-13(15(14,3)4)17-11-7-10(2)16-9-12(11)18-5/h7,9,13-14H,6,8H2,1-5H3,(H,16,17). The first-order valence-electron chi connectivity index (χ1n) is 6.87. The number of aromatic nitrogens is 1. The Labute approximate surface area is 115 Å². The summed E-state index contributed by atoms with van der Waals surface area (Å²) in [5.41, 5.74) is 2.14. The molecule has 0 aliphatic heterocycles. The number of methoxy groups -OCH3 is 1. The SMILES string of the molecule is CCOC1CC(Nc2cc(C)ncc2OC)C1(C)C. The number of aryl methyl sites for hydroxylation is 1. The highest BCUT2D eigenvalue weighted by molar-refractivity contribution is 5.57. The highest BCUT2D eigenvalue weighted by atomic mass is 16.5. The van der Waals surface area contributed by atoms with Gasteiger partial charge in [0, 0.05) is 23.8 Å². The van der Waals surface area contributed by atoms with Gasteiger partial charge in [-0.2, -0.15) is 0 Å². The lowest BCUT2D eigenvalue weighted by Gasteiger charge is -2.52. The van der Waals surface area contributed by atoms with Crippen LogP contribution in [0.1, 0.15) is 32.9 Å². The summed E-state index contributed by atoms with van der Waals surface area (Å²) < 4.78 is 11.1. The number of rotatable bonds is 5. The smallest absolute Gasteiger partial charge is 0.160 e. The molecule has 1 aromatic rings. The van der Waals surface area contributed by atoms with E-state index in [1.807, 2.05) is 19.9 Å². The zero-order valence-electron chi connectivity index (χ0n) is 12.5. The first kappa shape index (κ1) is 14.1. The van der Waals surface area contributed by atoms with Crippen molar-refractivity contribution >= 4 is 5.69 Å². The Hall–Kier alpha value is -1.29. The average molecular weight is 264 g/mol. The van der Waals surface area contributed by atoms with Gasteiger partial charge in [0.2, 0.25) is 0 Å². The minimum atomic E-state index is 0.137. The summed E-state index contributed by atoms with van der Waals surface area (Å²) in [6.07, 6.45) is 3.14. The second-order valence-electron chi connectivity index (χ2n) is 5.72. The molecule has 0 aromatic carbocycles. The summed E-state index contributed by atoms with van der Waals surface area (Å²) in [6.45, 7) is 9.30. The van der Waals surface area contributed by atoms with E-state index in [9.17, 15) is 0 Å². The van der Waals surface area contributed by atoms with Crippen LogP contribution in [0.25, 0.3) is 0 Å². The molecule has 1 aliphatic rings. The van der Waals surface area contributed by atoms with E-state index >= 15 is 0 Å². The van der Waals surface area contributed by atoms with E-state index in [1.54, 1.807) is 13.3 Å². The third kappa shape index (κ3) is 2.68. The molecule has 19 heavy (non-hydrogen) atoms. The maximum absolute atomic E-state index is 5.76. The molecule has 1 aliphatic carbocycles. The van der Waals surface area contributed by atoms with Crippen molar-refractivity contribution in [3.05, 3.63) is 18.0 Å². The minimum absolute atomic E-state index is 0.137. The monoisotopic (exact) mass is 264 g/mol. The fourth-order valence-electron chi connectivity index (χ4n) is 2.62. The lowest BCUT2D eigenvalue weighted by molar-refractivity contribution is -0.0976. The van der Waals surface area contributed by atoms with Gasteiger partial charge in [-0.15, -0.1) is 0 Å². The van der Waals surface area contributed by atoms with E-state index in [0.29, 0.717) is 12.1 Å². The van der Waals surface area contributed by atoms with Crippen LogP contribution < -0.4 is 10.1 Å². The molecule has 1 fully saturated rings. The van der Waals surface area contributed by atoms with Gasteiger partial charge < -0.3 is 14.8 Å². The molecule has 2 atom stereocenters. The lowest BCUT2D eigenvalue weighted by atomic mass is 9.64. The van der Waals surface area contributed by atoms with Gasteiger partial charge in [0.1, 0.15) is 0 Å². The van der Waals surface area contributed by atoms with Crippen LogP contribution in [-0.2, 0) is 4.74 Å². The van der Waals surface area contributed by atoms with Crippen molar-refractivity contribution in [3.63, 3.8) is 0 Å². The first-order chi connectivity index (χ1) is 8.98. The van der Waals surface area contributed by atoms with Crippen LogP contribution in [0.15, 0.2) is 12.3 Å². The van der Waals surface area contributed by atoms with Crippen LogP contribution >= 0.6 is 0 Å². The van der Waals surface area contributed by atoms with Crippen molar-refractivity contribution in [2.24, 2.45) is 5.41 Å². The molecule has 1 N–H and O–H groups in total. The van der Waals surface area contributed by atoms with Crippen LogP contribution in [-0.4, -0.2) is 30.8 Å². The van der Waals surface area contributed by atoms with Crippen LogP contribution in [0.3, 0.4) is 0 Å². The van der Waals surface area contributed by atoms with E-state index in [1.165, 1.54) is 0 Å². The number of pyridine rings is 1. The normalized spacial score (nSPS) is 24.7. The average Bonchev–Trinajstić information content (AvgIpc) is 2.38. The maximum atomic E-state index is 5.76. The van der Waals surface area contributed by atoms with Crippen molar-refractivity contribution in [2.45, 2.75) is 46.3 Å². The number of hydrogen-bond donors (Lipinski definition) is 1. The Balaban J connectivity index is 2.09. The molecular weight excluding hydrogens is 240 g/mol. The lowest BCUT2D eigenvalue weighted by Crippen LogP contribution is -2.58. The predicted molar refractivity (Wildman–Crippen MR) is 76.7 cm³/mol. The fraction of sp³-hybridized carbons (Fsp3) is 0.667. The Bertz CT molecular complexity index is 446. The Morgan fingerprint density at radius 2 is 2.21 bits per heavy atom. The molecule has 1 aromatic heterocycles. The Morgan fingerprint density at radius 1 is 1.47 bits per heavy atom. The predicted octanol–water partition coefficient (Wildman–Crippen LogP) is 3.01. The molecule has 2 rings (SSSR count). The number of hydrogen-bond acceptors (Lipinski definition) is 4. The molecule has 0 saturated heterocycles. The molecule has 0 bridgehead atoms. The topological polar surface area (TPSA) is 43.4 Å². The van der Waals surface area contributed by atoms with Crippen molar-refractivity contribution in [3.8, 4) is 5.75 Å². The summed E-state index contributed by atoms with van der Waals surface area (Å²) in [4.78, 5) is 4.25. The molecule has 4 nitrogen and oxygen atoms in total. The van der Waals surface area contributed by atoms with Crippen molar-refractivity contribution in [1.82, 2.24) is 4.98 Å². The molecule has 1 heterocycles. The second-order valence-corrected chi connectivity index (χ2v) is 5.72. The largest absolute Gasteiger partial charge is 0.493 e. The van der Waals surface area contributed by atoms with Gasteiger partial charge >= 0.3 is 0 Å². The molecule has 2 unspecified atom stereocenters. The van der Waals surface area contributed by atoms with Gasteiger partial charge in [-0.1, -0.05) is 13.8 Å². The summed E-state index contributed by atoms with van der Waals surface area (Å²) in [6, 6.07) is 2.43. The second kappa shape index (κ2) is 5.37. The van der Waals surface area contributed by atoms with Gasteiger partial charge in [-0.05, 0) is 26.3 Å². The van der Waals surface area contributed by atoms with Gasteiger partial charge in [0.05, 0.1) is 25.1 Å². The number of ether oxygens (including phenoxy) is 2. The zero-order valence-corrected chi connectivity index (χ0v) is 12.5. The number of nitrogens with one attached hydrogen (secondary N) is 1. The van der Waals surface area contributed by atoms with E-state index in [-0.39, 0.29) is 5.41 Å². The third-order valence-electron chi connectivity index (χ3n) is 4.10. The molecule has 0 spiro atoms. The minimum Gasteiger partial charge on any atom is -0.493 e. The molecule has 4 heteroatoms. The highest BCUT2D eigenvalue weighted by Gasteiger charge is 2.49. The van der Waals surface area contributed by atoms with Gasteiger partial charge in [-0.25, -0.2) is 0 Å². The molecule has 106 valence electrons. The van der Waals surface area contributed by atoms with E-state index in [4.69, 9.17) is 9.47 Å². The Kier molecular flexibility index (Phi) is 3.99. The van der Waals surface area contributed by atoms with E-state index in [0.717, 1.165) is 30.2 Å². The summed E-state index contributed by atoms with van der Waals surface area (Å²) in [5.74, 6) is 0.793. The van der Waals surface area contributed by atoms with Crippen LogP contribution in [0, 0.1) is 12.3 Å². The highest BCUT2D eigenvalue weighted by Crippen LogP contribution is 2.45. The molecular formula is C15H24N2O2. The number of anilines is 1. The van der Waals surface area contributed by atoms with Crippen molar-refractivity contribution in [2.75, 3.05) is 19.0 Å². The van der Waals surface area contributed by atoms with Crippen LogP contribution in [0.2, 0.25) is 0 Å². The fourth-order valence-corrected chi connectivity index (χ4v) is 2.62. The van der Waals surface area contributed by atoms with Gasteiger partial charge in [-0.3, -0.25) is 4.98 Å². The Morgan fingerprint density at radius 3 is 2.79 bits per heavy atom. The summed E-state index contributed by atoms with van der Waals surface area (Å²) >= 11 is 0. The molecule has 0 amide bonds. The quantitative estimate of drug-likeness (QED) is 0.888. The van der Waals surface area contributed by atoms with E-state index < -0.39 is 0 Å². The summed E-state index contributed by atoms with van der Waals surface area (Å²) in [5, 5.41) is 3.57. The van der Waals surface area contributed by atoms with Crippen molar-refractivity contribution < 1.29 is 9.47 Å². The van der Waals surface area contributed by atoms with Crippen molar-refractivity contribution in [1.29, 1.82) is 0 Å². The number of nitrogens with zero attached hydrogens (tertiary/aromatic N) is 1. The van der Waals surface area contributed by atoms with Gasteiger partial charge in [0.25, 0.3) is 0 Å². The van der Waals surface area contributed by atoms with Gasteiger partial charge in [0.15, 0.2) is 5.75 Å². The van der Waals surface area contributed by atoms with Crippen LogP contribution in [0.4, 0.5) is 5.69 Å². The van der Waals surface area contributed by atoms with Crippen LogP contribution in [0.5, 0.6) is 5.75 Å². The molecule has 0 radical (unpaired) electrons. The maximum Gasteiger partial charge on any atom is 0.160 e. The molecule has 1 saturated carbocycles. The van der Waals surface area contributed by atoms with E-state index in [2.05, 4.69) is 24.1 Å². The summed E-state index contributed by atoms with van der Waals surface area (Å²) in [7, 11) is 1.67. The third-order valence-corrected chi connectivity index (χ3v) is 4.10. The zero-order chi connectivity index (χ0) is 14.0.